The zero-order valence-corrected chi connectivity index (χ0v) is 31.5. The summed E-state index contributed by atoms with van der Waals surface area (Å²) in [6, 6.07) is 64.8. The molecule has 4 heterocycles. The highest BCUT2D eigenvalue weighted by atomic mass is 32.1. The molecule has 57 heavy (non-hydrogen) atoms. The summed E-state index contributed by atoms with van der Waals surface area (Å²) in [6.45, 7) is 0. The molecule has 1 aliphatic rings. The van der Waals surface area contributed by atoms with Gasteiger partial charge in [0.15, 0.2) is 0 Å². The Bertz CT molecular complexity index is 3320. The van der Waals surface area contributed by atoms with Crippen LogP contribution in [0.5, 0.6) is 0 Å². The quantitative estimate of drug-likeness (QED) is 0.184. The number of thiophene rings is 1. The molecule has 5 nitrogen and oxygen atoms in total. The second-order valence-corrected chi connectivity index (χ2v) is 15.8. The maximum atomic E-state index is 6.68. The van der Waals surface area contributed by atoms with Crippen LogP contribution in [0.25, 0.3) is 80.7 Å². The van der Waals surface area contributed by atoms with Crippen LogP contribution in [0.3, 0.4) is 0 Å². The van der Waals surface area contributed by atoms with Crippen molar-refractivity contribution in [3.63, 3.8) is 0 Å². The first-order chi connectivity index (χ1) is 28.2. The fourth-order valence-electron chi connectivity index (χ4n) is 8.85. The van der Waals surface area contributed by atoms with Crippen molar-refractivity contribution in [2.24, 2.45) is 4.99 Å². The topological polar surface area (TPSA) is 54.5 Å². The van der Waals surface area contributed by atoms with Gasteiger partial charge >= 0.3 is 0 Å². The number of amidine groups is 1. The number of fused-ring (bicyclic) bond motifs is 9. The Kier molecular flexibility index (Phi) is 7.24. The Hall–Kier alpha value is -6.99. The SMILES string of the molecule is c1ccc(C2N=C(c3ccc4sc5c(-c6ccc7c(c6)oc6cccc(-n8c9ccccc9c9ccccc98)c67)cccc5c4c3)NC(c3ccccc3)N2)cc1. The van der Waals surface area contributed by atoms with Gasteiger partial charge in [0.25, 0.3) is 0 Å². The average molecular weight is 751 g/mol. The normalized spacial score (nSPS) is 15.9. The lowest BCUT2D eigenvalue weighted by Crippen LogP contribution is -2.44. The lowest BCUT2D eigenvalue weighted by molar-refractivity contribution is 0.409. The van der Waals surface area contributed by atoms with Gasteiger partial charge in [-0.2, -0.15) is 0 Å². The highest BCUT2D eigenvalue weighted by Gasteiger charge is 2.26. The minimum atomic E-state index is -0.180. The number of furan rings is 1. The molecule has 0 saturated heterocycles. The molecule has 6 heteroatoms. The third-order valence-corrected chi connectivity index (χ3v) is 12.7. The molecule has 0 fully saturated rings. The van der Waals surface area contributed by atoms with Gasteiger partial charge in [0, 0.05) is 41.9 Å². The molecule has 0 saturated carbocycles. The van der Waals surface area contributed by atoms with Crippen LogP contribution in [0.2, 0.25) is 0 Å². The molecule has 2 atom stereocenters. The van der Waals surface area contributed by atoms with Crippen molar-refractivity contribution < 1.29 is 4.42 Å². The molecule has 3 aromatic heterocycles. The van der Waals surface area contributed by atoms with Crippen LogP contribution in [0.1, 0.15) is 29.0 Å². The van der Waals surface area contributed by atoms with E-state index < -0.39 is 0 Å². The van der Waals surface area contributed by atoms with Gasteiger partial charge in [-0.3, -0.25) is 5.32 Å². The minimum Gasteiger partial charge on any atom is -0.456 e. The summed E-state index contributed by atoms with van der Waals surface area (Å²) in [5.74, 6) is 0.879. The Morgan fingerprint density at radius 2 is 1.21 bits per heavy atom. The first kappa shape index (κ1) is 32.3. The summed E-state index contributed by atoms with van der Waals surface area (Å²) in [5.41, 5.74) is 11.0. The number of para-hydroxylation sites is 2. The lowest BCUT2D eigenvalue weighted by atomic mass is 10.00. The predicted octanol–water partition coefficient (Wildman–Crippen LogP) is 13.1. The number of benzene rings is 8. The van der Waals surface area contributed by atoms with E-state index in [0.717, 1.165) is 50.2 Å². The average Bonchev–Trinajstić information content (AvgIpc) is 3.96. The van der Waals surface area contributed by atoms with Crippen LogP contribution in [-0.4, -0.2) is 10.4 Å². The Labute approximate surface area is 332 Å². The molecule has 0 aliphatic carbocycles. The van der Waals surface area contributed by atoms with E-state index in [4.69, 9.17) is 9.41 Å². The van der Waals surface area contributed by atoms with Gasteiger partial charge in [-0.25, -0.2) is 4.99 Å². The summed E-state index contributed by atoms with van der Waals surface area (Å²) in [4.78, 5) is 5.22. The molecular weight excluding hydrogens is 717 g/mol. The number of hydrogen-bond acceptors (Lipinski definition) is 5. The van der Waals surface area contributed by atoms with E-state index in [1.807, 2.05) is 17.4 Å². The third kappa shape index (κ3) is 5.15. The monoisotopic (exact) mass is 750 g/mol. The van der Waals surface area contributed by atoms with Gasteiger partial charge < -0.3 is 14.3 Å². The van der Waals surface area contributed by atoms with Gasteiger partial charge in [-0.1, -0.05) is 127 Å². The predicted molar refractivity (Wildman–Crippen MR) is 238 cm³/mol. The number of aliphatic imine (C=N–C) groups is 1. The molecule has 0 bridgehead atoms. The smallest absolute Gasteiger partial charge is 0.137 e. The summed E-state index contributed by atoms with van der Waals surface area (Å²) >= 11 is 1.84. The second-order valence-electron chi connectivity index (χ2n) is 14.8. The van der Waals surface area contributed by atoms with Gasteiger partial charge in [-0.05, 0) is 76.9 Å². The Morgan fingerprint density at radius 3 is 2.00 bits per heavy atom. The van der Waals surface area contributed by atoms with Crippen LogP contribution in [-0.2, 0) is 0 Å². The first-order valence-corrected chi connectivity index (χ1v) is 20.2. The van der Waals surface area contributed by atoms with Gasteiger partial charge in [0.1, 0.15) is 29.3 Å². The highest BCUT2D eigenvalue weighted by molar-refractivity contribution is 7.26. The maximum Gasteiger partial charge on any atom is 0.137 e. The number of hydrogen-bond donors (Lipinski definition) is 2. The fourth-order valence-corrected chi connectivity index (χ4v) is 10.1. The van der Waals surface area contributed by atoms with Crippen molar-refractivity contribution in [3.05, 3.63) is 199 Å². The number of nitrogens with one attached hydrogen (secondary N) is 2. The van der Waals surface area contributed by atoms with E-state index in [9.17, 15) is 0 Å². The van der Waals surface area contributed by atoms with E-state index >= 15 is 0 Å². The summed E-state index contributed by atoms with van der Waals surface area (Å²) in [5, 5.41) is 14.6. The van der Waals surface area contributed by atoms with E-state index in [0.29, 0.717) is 0 Å². The minimum absolute atomic E-state index is 0.0864. The Morgan fingerprint density at radius 1 is 0.526 bits per heavy atom. The molecule has 8 aromatic carbocycles. The molecule has 270 valence electrons. The number of rotatable bonds is 5. The summed E-state index contributed by atoms with van der Waals surface area (Å²) in [6.07, 6.45) is -0.267. The number of nitrogens with zero attached hydrogens (tertiary/aromatic N) is 2. The maximum absolute atomic E-state index is 6.68. The molecule has 0 spiro atoms. The van der Waals surface area contributed by atoms with Gasteiger partial charge in [0.2, 0.25) is 0 Å². The first-order valence-electron chi connectivity index (χ1n) is 19.4. The van der Waals surface area contributed by atoms with E-state index in [1.54, 1.807) is 0 Å². The fraction of sp³-hybridized carbons (Fsp3) is 0.0392. The van der Waals surface area contributed by atoms with Crippen molar-refractivity contribution in [2.45, 2.75) is 12.3 Å². The van der Waals surface area contributed by atoms with Crippen LogP contribution in [0.4, 0.5) is 0 Å². The largest absolute Gasteiger partial charge is 0.456 e. The van der Waals surface area contributed by atoms with Crippen molar-refractivity contribution in [3.8, 4) is 16.8 Å². The molecule has 2 unspecified atom stereocenters. The Balaban J connectivity index is 0.963. The molecular formula is C51H34N4OS. The van der Waals surface area contributed by atoms with Crippen molar-refractivity contribution in [1.29, 1.82) is 0 Å². The molecule has 1 aliphatic heterocycles. The third-order valence-electron chi connectivity index (χ3n) is 11.5. The zero-order valence-electron chi connectivity index (χ0n) is 30.7. The van der Waals surface area contributed by atoms with E-state index in [2.05, 4.69) is 191 Å². The van der Waals surface area contributed by atoms with E-state index in [-0.39, 0.29) is 12.3 Å². The standard InChI is InChI=1S/C51H34N4OS/c1-3-13-31(14-4-1)49-52-50(32-15-5-2-6-16-32)54-51(53-49)34-26-28-46-40(29-34)38-20-11-19-35(48(38)57-46)33-25-27-39-45(30-33)56-44-24-12-23-43(47(39)44)55-41-21-9-7-17-36(41)37-18-8-10-22-42(37)55/h1-30,49-50,52H,(H,53,54). The molecule has 2 N–H and O–H groups in total. The molecule has 0 radical (unpaired) electrons. The summed E-state index contributed by atoms with van der Waals surface area (Å²) in [7, 11) is 0. The lowest BCUT2D eigenvalue weighted by Gasteiger charge is -2.32. The van der Waals surface area contributed by atoms with Gasteiger partial charge in [-0.15, -0.1) is 11.3 Å². The van der Waals surface area contributed by atoms with Crippen molar-refractivity contribution >= 4 is 81.1 Å². The summed E-state index contributed by atoms with van der Waals surface area (Å²) < 4.78 is 11.6. The van der Waals surface area contributed by atoms with Crippen LogP contribution < -0.4 is 10.6 Å². The highest BCUT2D eigenvalue weighted by Crippen LogP contribution is 2.43. The van der Waals surface area contributed by atoms with E-state index in [1.165, 1.54) is 53.1 Å². The molecule has 0 amide bonds. The second kappa shape index (κ2) is 12.8. The van der Waals surface area contributed by atoms with Crippen LogP contribution >= 0.6 is 11.3 Å². The van der Waals surface area contributed by atoms with Crippen LogP contribution in [0, 0.1) is 0 Å². The van der Waals surface area contributed by atoms with Crippen LogP contribution in [0.15, 0.2) is 191 Å². The molecule has 11 aromatic rings. The van der Waals surface area contributed by atoms with Gasteiger partial charge in [0.05, 0.1) is 22.1 Å². The molecule has 12 rings (SSSR count). The van der Waals surface area contributed by atoms with Crippen molar-refractivity contribution in [2.75, 3.05) is 0 Å². The zero-order chi connectivity index (χ0) is 37.5. The number of aromatic nitrogens is 1. The van der Waals surface area contributed by atoms with Crippen molar-refractivity contribution in [1.82, 2.24) is 15.2 Å².